The summed E-state index contributed by atoms with van der Waals surface area (Å²) in [4.78, 5) is 12.7. The van der Waals surface area contributed by atoms with Crippen LogP contribution in [0.5, 0.6) is 11.5 Å². The van der Waals surface area contributed by atoms with Crippen LogP contribution in [0.4, 0.5) is 0 Å². The smallest absolute Gasteiger partial charge is 0.198 e. The van der Waals surface area contributed by atoms with Gasteiger partial charge < -0.3 is 9.47 Å². The Morgan fingerprint density at radius 3 is 2.33 bits per heavy atom. The summed E-state index contributed by atoms with van der Waals surface area (Å²) in [5, 5.41) is 0.591. The van der Waals surface area contributed by atoms with Crippen molar-refractivity contribution in [2.75, 3.05) is 14.2 Å². The molecule has 0 aliphatic rings. The molecule has 110 valence electrons. The number of carbonyl (C=O) groups is 1. The third-order valence-corrected chi connectivity index (χ3v) is 4.58. The van der Waals surface area contributed by atoms with Gasteiger partial charge >= 0.3 is 0 Å². The predicted octanol–water partition coefficient (Wildman–Crippen LogP) is 5.00. The number of ketones is 1. The van der Waals surface area contributed by atoms with Crippen LogP contribution in [0.2, 0.25) is 10.0 Å². The largest absolute Gasteiger partial charge is 0.495 e. The van der Waals surface area contributed by atoms with Crippen molar-refractivity contribution in [2.45, 2.75) is 0 Å². The molecule has 0 fully saturated rings. The molecule has 3 nitrogen and oxygen atoms in total. The Morgan fingerprint density at radius 2 is 1.71 bits per heavy atom. The number of halogens is 3. The van der Waals surface area contributed by atoms with E-state index in [1.807, 2.05) is 0 Å². The van der Waals surface area contributed by atoms with Crippen molar-refractivity contribution in [3.63, 3.8) is 0 Å². The van der Waals surface area contributed by atoms with E-state index in [-0.39, 0.29) is 16.6 Å². The van der Waals surface area contributed by atoms with Gasteiger partial charge in [0.1, 0.15) is 10.8 Å². The second kappa shape index (κ2) is 6.69. The zero-order chi connectivity index (χ0) is 15.6. The molecule has 0 saturated carbocycles. The van der Waals surface area contributed by atoms with Gasteiger partial charge in [0.2, 0.25) is 0 Å². The molecule has 0 spiro atoms. The van der Waals surface area contributed by atoms with E-state index in [2.05, 4.69) is 15.9 Å². The first-order valence-electron chi connectivity index (χ1n) is 5.90. The van der Waals surface area contributed by atoms with Gasteiger partial charge in [0, 0.05) is 10.0 Å². The number of hydrogen-bond donors (Lipinski definition) is 0. The number of rotatable bonds is 4. The standard InChI is InChI=1S/C15H11BrCl2O3/c1-20-11-7-6-9(15(21-2)13(11)18)14(19)8-4-3-5-10(16)12(8)17/h3-7H,1-2H3. The van der Waals surface area contributed by atoms with Crippen molar-refractivity contribution in [3.05, 3.63) is 56.0 Å². The first kappa shape index (κ1) is 16.1. The summed E-state index contributed by atoms with van der Waals surface area (Å²) in [5.74, 6) is 0.421. The second-order valence-corrected chi connectivity index (χ2v) is 5.70. The van der Waals surface area contributed by atoms with Crippen LogP contribution in [0.1, 0.15) is 15.9 Å². The van der Waals surface area contributed by atoms with Crippen LogP contribution in [0.25, 0.3) is 0 Å². The fourth-order valence-electron chi connectivity index (χ4n) is 1.90. The van der Waals surface area contributed by atoms with Gasteiger partial charge in [-0.2, -0.15) is 0 Å². The third-order valence-electron chi connectivity index (χ3n) is 2.93. The normalized spacial score (nSPS) is 10.3. The first-order chi connectivity index (χ1) is 10.0. The lowest BCUT2D eigenvalue weighted by Gasteiger charge is -2.13. The van der Waals surface area contributed by atoms with E-state index in [1.54, 1.807) is 30.3 Å². The lowest BCUT2D eigenvalue weighted by molar-refractivity contribution is 0.103. The van der Waals surface area contributed by atoms with Crippen LogP contribution < -0.4 is 9.47 Å². The minimum absolute atomic E-state index is 0.247. The summed E-state index contributed by atoms with van der Waals surface area (Å²) < 4.78 is 11.0. The first-order valence-corrected chi connectivity index (χ1v) is 7.45. The highest BCUT2D eigenvalue weighted by Crippen LogP contribution is 2.38. The third kappa shape index (κ3) is 3.03. The van der Waals surface area contributed by atoms with Gasteiger partial charge in [-0.05, 0) is 40.2 Å². The van der Waals surface area contributed by atoms with Gasteiger partial charge in [0.15, 0.2) is 11.5 Å². The van der Waals surface area contributed by atoms with Crippen LogP contribution in [-0.2, 0) is 0 Å². The Hall–Kier alpha value is -1.23. The molecule has 0 N–H and O–H groups in total. The van der Waals surface area contributed by atoms with Crippen molar-refractivity contribution in [1.82, 2.24) is 0 Å². The number of hydrogen-bond acceptors (Lipinski definition) is 3. The molecule has 21 heavy (non-hydrogen) atoms. The molecular formula is C15H11BrCl2O3. The van der Waals surface area contributed by atoms with E-state index in [9.17, 15) is 4.79 Å². The summed E-state index contributed by atoms with van der Waals surface area (Å²) in [6.07, 6.45) is 0. The Balaban J connectivity index is 2.59. The topological polar surface area (TPSA) is 35.5 Å². The van der Waals surface area contributed by atoms with Gasteiger partial charge in [-0.1, -0.05) is 29.3 Å². The molecule has 6 heteroatoms. The Morgan fingerprint density at radius 1 is 1.00 bits per heavy atom. The molecule has 0 unspecified atom stereocenters. The molecule has 0 aliphatic heterocycles. The molecule has 0 radical (unpaired) electrons. The highest BCUT2D eigenvalue weighted by atomic mass is 79.9. The summed E-state index contributed by atoms with van der Waals surface area (Å²) in [6.45, 7) is 0. The van der Waals surface area contributed by atoms with E-state index >= 15 is 0 Å². The number of methoxy groups -OCH3 is 2. The molecule has 0 saturated heterocycles. The number of carbonyl (C=O) groups excluding carboxylic acids is 1. The van der Waals surface area contributed by atoms with Gasteiger partial charge in [-0.3, -0.25) is 4.79 Å². The number of ether oxygens (including phenoxy) is 2. The summed E-state index contributed by atoms with van der Waals surface area (Å²) in [6, 6.07) is 8.36. The highest BCUT2D eigenvalue weighted by molar-refractivity contribution is 9.10. The molecule has 0 aliphatic carbocycles. The van der Waals surface area contributed by atoms with Gasteiger partial charge in [-0.25, -0.2) is 0 Å². The zero-order valence-corrected chi connectivity index (χ0v) is 14.3. The van der Waals surface area contributed by atoms with Crippen LogP contribution in [-0.4, -0.2) is 20.0 Å². The number of benzene rings is 2. The molecule has 2 aromatic carbocycles. The van der Waals surface area contributed by atoms with Gasteiger partial charge in [-0.15, -0.1) is 0 Å². The molecule has 2 aromatic rings. The fraction of sp³-hybridized carbons (Fsp3) is 0.133. The molecule has 0 amide bonds. The minimum Gasteiger partial charge on any atom is -0.495 e. The SMILES string of the molecule is COc1ccc(C(=O)c2cccc(Br)c2Cl)c(OC)c1Cl. The zero-order valence-electron chi connectivity index (χ0n) is 11.2. The summed E-state index contributed by atoms with van der Waals surface area (Å²) in [5.41, 5.74) is 0.689. The maximum atomic E-state index is 12.7. The predicted molar refractivity (Wildman–Crippen MR) is 87.1 cm³/mol. The van der Waals surface area contributed by atoms with Crippen LogP contribution >= 0.6 is 39.1 Å². The van der Waals surface area contributed by atoms with Crippen molar-refractivity contribution < 1.29 is 14.3 Å². The average molecular weight is 390 g/mol. The Labute approximate surface area is 140 Å². The summed E-state index contributed by atoms with van der Waals surface area (Å²) >= 11 is 15.6. The quantitative estimate of drug-likeness (QED) is 0.690. The van der Waals surface area contributed by atoms with E-state index in [4.69, 9.17) is 32.7 Å². The van der Waals surface area contributed by atoms with Crippen molar-refractivity contribution in [2.24, 2.45) is 0 Å². The molecule has 0 bridgehead atoms. The highest BCUT2D eigenvalue weighted by Gasteiger charge is 2.22. The lowest BCUT2D eigenvalue weighted by Crippen LogP contribution is -2.06. The van der Waals surface area contributed by atoms with Gasteiger partial charge in [0.05, 0.1) is 24.8 Å². The Kier molecular flexibility index (Phi) is 5.14. The fourth-order valence-corrected chi connectivity index (χ4v) is 2.80. The van der Waals surface area contributed by atoms with E-state index in [0.717, 1.165) is 0 Å². The van der Waals surface area contributed by atoms with Crippen molar-refractivity contribution in [3.8, 4) is 11.5 Å². The maximum Gasteiger partial charge on any atom is 0.198 e. The Bertz CT molecular complexity index is 702. The van der Waals surface area contributed by atoms with Crippen LogP contribution in [0.3, 0.4) is 0 Å². The lowest BCUT2D eigenvalue weighted by atomic mass is 10.0. The van der Waals surface area contributed by atoms with E-state index < -0.39 is 0 Å². The second-order valence-electron chi connectivity index (χ2n) is 4.09. The van der Waals surface area contributed by atoms with E-state index in [1.165, 1.54) is 14.2 Å². The monoisotopic (exact) mass is 388 g/mol. The summed E-state index contributed by atoms with van der Waals surface area (Å²) in [7, 11) is 2.94. The molecule has 0 heterocycles. The van der Waals surface area contributed by atoms with Crippen LogP contribution in [0.15, 0.2) is 34.8 Å². The minimum atomic E-state index is -0.275. The van der Waals surface area contributed by atoms with Gasteiger partial charge in [0.25, 0.3) is 0 Å². The molecule has 0 aromatic heterocycles. The molecule has 0 atom stereocenters. The van der Waals surface area contributed by atoms with E-state index in [0.29, 0.717) is 26.4 Å². The average Bonchev–Trinajstić information content (AvgIpc) is 2.49. The van der Waals surface area contributed by atoms with Crippen molar-refractivity contribution in [1.29, 1.82) is 0 Å². The molecular weight excluding hydrogens is 379 g/mol. The maximum absolute atomic E-state index is 12.7. The van der Waals surface area contributed by atoms with Crippen LogP contribution in [0, 0.1) is 0 Å². The molecule has 2 rings (SSSR count). The van der Waals surface area contributed by atoms with Crippen molar-refractivity contribution >= 4 is 44.9 Å².